The number of pyridine rings is 1. The summed E-state index contributed by atoms with van der Waals surface area (Å²) in [6.07, 6.45) is 5.05. The monoisotopic (exact) mass is 283 g/mol. The van der Waals surface area contributed by atoms with E-state index in [1.165, 1.54) is 12.1 Å². The van der Waals surface area contributed by atoms with E-state index in [0.29, 0.717) is 18.7 Å². The van der Waals surface area contributed by atoms with Gasteiger partial charge in [-0.2, -0.15) is 0 Å². The Bertz CT molecular complexity index is 768. The lowest BCUT2D eigenvalue weighted by Crippen LogP contribution is -2.27. The van der Waals surface area contributed by atoms with E-state index in [4.69, 9.17) is 0 Å². The molecule has 0 saturated heterocycles. The second-order valence-corrected chi connectivity index (χ2v) is 4.70. The van der Waals surface area contributed by atoms with Crippen molar-refractivity contribution in [3.8, 4) is 0 Å². The molecule has 1 N–H and O–H groups in total. The summed E-state index contributed by atoms with van der Waals surface area (Å²) in [7, 11) is 0. The van der Waals surface area contributed by atoms with E-state index in [1.807, 2.05) is 16.8 Å². The van der Waals surface area contributed by atoms with Gasteiger partial charge >= 0.3 is 0 Å². The molecular formula is C16H14FN3O. The Hall–Kier alpha value is -2.69. The SMILES string of the molecule is O=C(NCCn1ccc2ccc(F)cc21)c1ccncc1. The predicted octanol–water partition coefficient (Wildman–Crippen LogP) is 2.61. The number of hydrogen-bond donors (Lipinski definition) is 1. The molecule has 1 aromatic carbocycles. The zero-order chi connectivity index (χ0) is 14.7. The summed E-state index contributed by atoms with van der Waals surface area (Å²) >= 11 is 0. The van der Waals surface area contributed by atoms with Gasteiger partial charge in [-0.05, 0) is 41.8 Å². The van der Waals surface area contributed by atoms with E-state index in [1.54, 1.807) is 30.6 Å². The average molecular weight is 283 g/mol. The van der Waals surface area contributed by atoms with Gasteiger partial charge in [-0.1, -0.05) is 0 Å². The van der Waals surface area contributed by atoms with Crippen molar-refractivity contribution < 1.29 is 9.18 Å². The van der Waals surface area contributed by atoms with E-state index >= 15 is 0 Å². The Morgan fingerprint density at radius 3 is 2.81 bits per heavy atom. The molecule has 21 heavy (non-hydrogen) atoms. The highest BCUT2D eigenvalue weighted by Crippen LogP contribution is 2.16. The van der Waals surface area contributed by atoms with Gasteiger partial charge in [0.15, 0.2) is 0 Å². The van der Waals surface area contributed by atoms with Crippen LogP contribution in [0.5, 0.6) is 0 Å². The Kier molecular flexibility index (Phi) is 3.64. The number of carbonyl (C=O) groups is 1. The van der Waals surface area contributed by atoms with Crippen LogP contribution in [0.4, 0.5) is 4.39 Å². The van der Waals surface area contributed by atoms with Crippen molar-refractivity contribution in [2.75, 3.05) is 6.54 Å². The molecule has 5 heteroatoms. The molecule has 106 valence electrons. The lowest BCUT2D eigenvalue weighted by Gasteiger charge is -2.07. The molecular weight excluding hydrogens is 269 g/mol. The molecule has 0 spiro atoms. The minimum atomic E-state index is -0.261. The Morgan fingerprint density at radius 1 is 1.19 bits per heavy atom. The zero-order valence-corrected chi connectivity index (χ0v) is 11.3. The van der Waals surface area contributed by atoms with Crippen molar-refractivity contribution >= 4 is 16.8 Å². The maximum Gasteiger partial charge on any atom is 0.251 e. The normalized spacial score (nSPS) is 10.7. The molecule has 3 rings (SSSR count). The third kappa shape index (κ3) is 2.91. The molecule has 0 aliphatic heterocycles. The summed E-state index contributed by atoms with van der Waals surface area (Å²) in [6.45, 7) is 1.06. The van der Waals surface area contributed by atoms with Crippen LogP contribution in [0.25, 0.3) is 10.9 Å². The van der Waals surface area contributed by atoms with Gasteiger partial charge in [-0.15, -0.1) is 0 Å². The first-order valence-corrected chi connectivity index (χ1v) is 6.67. The van der Waals surface area contributed by atoms with Gasteiger partial charge in [-0.25, -0.2) is 4.39 Å². The molecule has 0 unspecified atom stereocenters. The number of aromatic nitrogens is 2. The highest BCUT2D eigenvalue weighted by molar-refractivity contribution is 5.93. The topological polar surface area (TPSA) is 46.9 Å². The van der Waals surface area contributed by atoms with Crippen molar-refractivity contribution in [3.05, 3.63) is 66.4 Å². The molecule has 2 heterocycles. The fourth-order valence-corrected chi connectivity index (χ4v) is 2.25. The number of carbonyl (C=O) groups excluding carboxylic acids is 1. The van der Waals surface area contributed by atoms with Gasteiger partial charge in [0.2, 0.25) is 0 Å². The fourth-order valence-electron chi connectivity index (χ4n) is 2.25. The maximum atomic E-state index is 13.3. The van der Waals surface area contributed by atoms with Gasteiger partial charge in [0.05, 0.1) is 5.52 Å². The zero-order valence-electron chi connectivity index (χ0n) is 11.3. The number of nitrogens with zero attached hydrogens (tertiary/aromatic N) is 2. The quantitative estimate of drug-likeness (QED) is 0.800. The van der Waals surface area contributed by atoms with Crippen LogP contribution in [-0.2, 0) is 6.54 Å². The summed E-state index contributed by atoms with van der Waals surface area (Å²) < 4.78 is 15.2. The number of rotatable bonds is 4. The van der Waals surface area contributed by atoms with E-state index in [2.05, 4.69) is 10.3 Å². The summed E-state index contributed by atoms with van der Waals surface area (Å²) in [5, 5.41) is 3.82. The molecule has 0 aliphatic carbocycles. The first kappa shape index (κ1) is 13.3. The minimum Gasteiger partial charge on any atom is -0.350 e. The van der Waals surface area contributed by atoms with Gasteiger partial charge in [-0.3, -0.25) is 9.78 Å². The van der Waals surface area contributed by atoms with E-state index < -0.39 is 0 Å². The predicted molar refractivity (Wildman–Crippen MR) is 78.5 cm³/mol. The minimum absolute atomic E-state index is 0.139. The highest BCUT2D eigenvalue weighted by atomic mass is 19.1. The summed E-state index contributed by atoms with van der Waals surface area (Å²) in [5.41, 5.74) is 1.40. The van der Waals surface area contributed by atoms with Crippen LogP contribution in [0.1, 0.15) is 10.4 Å². The Balaban J connectivity index is 1.65. The van der Waals surface area contributed by atoms with E-state index in [-0.39, 0.29) is 11.7 Å². The molecule has 0 aliphatic rings. The standard InChI is InChI=1S/C16H14FN3O/c17-14-2-1-12-5-9-20(15(12)11-14)10-8-19-16(21)13-3-6-18-7-4-13/h1-7,9,11H,8,10H2,(H,19,21). The second kappa shape index (κ2) is 5.75. The van der Waals surface area contributed by atoms with Crippen LogP contribution in [0.3, 0.4) is 0 Å². The largest absolute Gasteiger partial charge is 0.350 e. The number of amides is 1. The molecule has 0 saturated carbocycles. The lowest BCUT2D eigenvalue weighted by atomic mass is 10.2. The smallest absolute Gasteiger partial charge is 0.251 e. The first-order chi connectivity index (χ1) is 10.2. The van der Waals surface area contributed by atoms with Gasteiger partial charge in [0.25, 0.3) is 5.91 Å². The van der Waals surface area contributed by atoms with Crippen LogP contribution >= 0.6 is 0 Å². The molecule has 4 nitrogen and oxygen atoms in total. The van der Waals surface area contributed by atoms with Gasteiger partial charge in [0, 0.05) is 37.2 Å². The number of benzene rings is 1. The molecule has 3 aromatic rings. The number of hydrogen-bond acceptors (Lipinski definition) is 2. The van der Waals surface area contributed by atoms with Crippen LogP contribution in [-0.4, -0.2) is 22.0 Å². The summed E-state index contributed by atoms with van der Waals surface area (Å²) in [6, 6.07) is 9.94. The average Bonchev–Trinajstić information content (AvgIpc) is 2.90. The van der Waals surface area contributed by atoms with Crippen LogP contribution in [0.2, 0.25) is 0 Å². The van der Waals surface area contributed by atoms with E-state index in [0.717, 1.165) is 10.9 Å². The summed E-state index contributed by atoms with van der Waals surface area (Å²) in [5.74, 6) is -0.400. The van der Waals surface area contributed by atoms with E-state index in [9.17, 15) is 9.18 Å². The molecule has 0 atom stereocenters. The van der Waals surface area contributed by atoms with Crippen molar-refractivity contribution in [1.29, 1.82) is 0 Å². The van der Waals surface area contributed by atoms with Crippen molar-refractivity contribution in [1.82, 2.24) is 14.9 Å². The Labute approximate surface area is 121 Å². The van der Waals surface area contributed by atoms with Crippen LogP contribution in [0, 0.1) is 5.82 Å². The third-order valence-electron chi connectivity index (χ3n) is 3.32. The Morgan fingerprint density at radius 2 is 2.00 bits per heavy atom. The van der Waals surface area contributed by atoms with Crippen molar-refractivity contribution in [3.63, 3.8) is 0 Å². The van der Waals surface area contributed by atoms with Crippen molar-refractivity contribution in [2.45, 2.75) is 6.54 Å². The van der Waals surface area contributed by atoms with Gasteiger partial charge in [0.1, 0.15) is 5.82 Å². The molecule has 0 bridgehead atoms. The fraction of sp³-hybridized carbons (Fsp3) is 0.125. The first-order valence-electron chi connectivity index (χ1n) is 6.67. The lowest BCUT2D eigenvalue weighted by molar-refractivity contribution is 0.0952. The van der Waals surface area contributed by atoms with Crippen LogP contribution in [0.15, 0.2) is 55.0 Å². The molecule has 2 aromatic heterocycles. The molecule has 0 radical (unpaired) electrons. The summed E-state index contributed by atoms with van der Waals surface area (Å²) in [4.78, 5) is 15.8. The number of nitrogens with one attached hydrogen (secondary N) is 1. The van der Waals surface area contributed by atoms with Crippen LogP contribution < -0.4 is 5.32 Å². The number of halogens is 1. The molecule has 1 amide bonds. The molecule has 0 fully saturated rings. The third-order valence-corrected chi connectivity index (χ3v) is 3.32. The maximum absolute atomic E-state index is 13.3. The van der Waals surface area contributed by atoms with Crippen molar-refractivity contribution in [2.24, 2.45) is 0 Å². The number of fused-ring (bicyclic) bond motifs is 1. The second-order valence-electron chi connectivity index (χ2n) is 4.70. The van der Waals surface area contributed by atoms with Gasteiger partial charge < -0.3 is 9.88 Å². The highest BCUT2D eigenvalue weighted by Gasteiger charge is 2.05.